The van der Waals surface area contributed by atoms with Gasteiger partial charge in [-0.1, -0.05) is 36.0 Å². The number of benzene rings is 2. The molecule has 0 spiro atoms. The molecule has 3 aliphatic rings. The zero-order valence-electron chi connectivity index (χ0n) is 21.9. The minimum atomic E-state index is -0.935. The average Bonchev–Trinajstić information content (AvgIpc) is 2.91. The highest BCUT2D eigenvalue weighted by atomic mass is 32.2. The van der Waals surface area contributed by atoms with Gasteiger partial charge in [-0.2, -0.15) is 0 Å². The highest BCUT2D eigenvalue weighted by Crippen LogP contribution is 2.48. The Hall–Kier alpha value is -2.85. The maximum absolute atomic E-state index is 15.6. The summed E-state index contributed by atoms with van der Waals surface area (Å²) in [5.41, 5.74) is 2.22. The second-order valence-electron chi connectivity index (χ2n) is 10.2. The minimum absolute atomic E-state index is 0.0361. The van der Waals surface area contributed by atoms with Crippen molar-refractivity contribution < 1.29 is 23.2 Å². The molecule has 2 aromatic rings. The molecule has 3 heterocycles. The summed E-state index contributed by atoms with van der Waals surface area (Å²) in [6, 6.07) is 14.4. The molecule has 1 fully saturated rings. The van der Waals surface area contributed by atoms with Crippen LogP contribution in [0.15, 0.2) is 65.3 Å². The van der Waals surface area contributed by atoms with Crippen LogP contribution in [0.1, 0.15) is 34.8 Å². The van der Waals surface area contributed by atoms with Gasteiger partial charge in [0, 0.05) is 42.5 Å². The summed E-state index contributed by atoms with van der Waals surface area (Å²) in [5.74, 6) is 0.185. The van der Waals surface area contributed by atoms with E-state index in [0.717, 1.165) is 17.6 Å². The van der Waals surface area contributed by atoms with Crippen LogP contribution in [0.2, 0.25) is 0 Å². The number of amidine groups is 1. The Morgan fingerprint density at radius 3 is 2.84 bits per heavy atom. The summed E-state index contributed by atoms with van der Waals surface area (Å²) in [6.07, 6.45) is 4.80. The van der Waals surface area contributed by atoms with Crippen LogP contribution >= 0.6 is 11.8 Å². The molecular weight excluding hydrogens is 503 g/mol. The number of thioether (sulfide) groups is 1. The van der Waals surface area contributed by atoms with Crippen LogP contribution in [0.3, 0.4) is 0 Å². The van der Waals surface area contributed by atoms with Crippen molar-refractivity contribution in [3.05, 3.63) is 82.8 Å². The van der Waals surface area contributed by atoms with Gasteiger partial charge in [0.05, 0.1) is 19.3 Å². The van der Waals surface area contributed by atoms with Crippen LogP contribution in [-0.2, 0) is 21.6 Å². The van der Waals surface area contributed by atoms with E-state index >= 15 is 4.39 Å². The number of rotatable bonds is 8. The molecule has 1 amide bonds. The van der Waals surface area contributed by atoms with E-state index in [1.165, 1.54) is 17.8 Å². The molecule has 2 N–H and O–H groups in total. The summed E-state index contributed by atoms with van der Waals surface area (Å²) >= 11 is 1.51. The van der Waals surface area contributed by atoms with Gasteiger partial charge < -0.3 is 20.1 Å². The number of ether oxygens (including phenoxy) is 2. The fourth-order valence-electron chi connectivity index (χ4n) is 5.24. The third kappa shape index (κ3) is 5.61. The molecular formula is C29H34FN4O3S+. The van der Waals surface area contributed by atoms with E-state index in [9.17, 15) is 4.79 Å². The largest absolute Gasteiger partial charge is 0.383 e. The molecule has 0 aromatic heterocycles. The molecule has 200 valence electrons. The maximum atomic E-state index is 15.6. The Balaban J connectivity index is 1.46. The first-order valence-corrected chi connectivity index (χ1v) is 13.9. The summed E-state index contributed by atoms with van der Waals surface area (Å²) in [7, 11) is 3.66. The number of carbonyl (C=O) groups excluding carboxylic acids is 1. The molecule has 0 saturated carbocycles. The molecule has 2 aromatic carbocycles. The molecule has 5 rings (SSSR count). The Morgan fingerprint density at radius 2 is 2.11 bits per heavy atom. The van der Waals surface area contributed by atoms with Crippen LogP contribution in [-0.4, -0.2) is 67.1 Å². The second kappa shape index (κ2) is 11.5. The van der Waals surface area contributed by atoms with Gasteiger partial charge in [-0.15, -0.1) is 0 Å². The quantitative estimate of drug-likeness (QED) is 0.503. The van der Waals surface area contributed by atoms with Gasteiger partial charge in [0.1, 0.15) is 24.0 Å². The Labute approximate surface area is 227 Å². The lowest BCUT2D eigenvalue weighted by Gasteiger charge is -2.46. The first-order valence-electron chi connectivity index (χ1n) is 12.9. The van der Waals surface area contributed by atoms with Crippen LogP contribution < -0.4 is 10.6 Å². The van der Waals surface area contributed by atoms with Crippen molar-refractivity contribution in [3.8, 4) is 0 Å². The lowest BCUT2D eigenvalue weighted by atomic mass is 9.73. The number of hydrogen-bond donors (Lipinski definition) is 2. The molecule has 38 heavy (non-hydrogen) atoms. The van der Waals surface area contributed by atoms with Gasteiger partial charge in [0.2, 0.25) is 0 Å². The average molecular weight is 538 g/mol. The Kier molecular flexibility index (Phi) is 8.09. The molecule has 9 heteroatoms. The smallest absolute Gasteiger partial charge is 0.257 e. The van der Waals surface area contributed by atoms with E-state index in [1.54, 1.807) is 25.3 Å². The first-order chi connectivity index (χ1) is 18.4. The van der Waals surface area contributed by atoms with Gasteiger partial charge in [-0.25, -0.2) is 14.0 Å². The van der Waals surface area contributed by atoms with Crippen molar-refractivity contribution in [1.82, 2.24) is 10.6 Å². The third-order valence-electron chi connectivity index (χ3n) is 7.30. The van der Waals surface area contributed by atoms with E-state index < -0.39 is 5.54 Å². The number of fused-ring (bicyclic) bond motifs is 1. The monoisotopic (exact) mass is 537 g/mol. The zero-order valence-corrected chi connectivity index (χ0v) is 22.8. The van der Waals surface area contributed by atoms with Crippen LogP contribution in [0, 0.1) is 11.7 Å². The first kappa shape index (κ1) is 26.7. The fraction of sp³-hybridized carbons (Fsp3) is 0.414. The minimum Gasteiger partial charge on any atom is -0.383 e. The molecule has 4 atom stereocenters. The number of hydrogen-bond acceptors (Lipinski definition) is 6. The topological polar surface area (TPSA) is 75.0 Å². The molecule has 4 unspecified atom stereocenters. The van der Waals surface area contributed by atoms with Gasteiger partial charge in [-0.05, 0) is 43.2 Å². The predicted molar refractivity (Wildman–Crippen MR) is 148 cm³/mol. The summed E-state index contributed by atoms with van der Waals surface area (Å²) in [5, 5.41) is 6.87. The van der Waals surface area contributed by atoms with Crippen molar-refractivity contribution in [3.63, 3.8) is 0 Å². The van der Waals surface area contributed by atoms with Crippen LogP contribution in [0.5, 0.6) is 0 Å². The van der Waals surface area contributed by atoms with E-state index in [4.69, 9.17) is 14.5 Å². The van der Waals surface area contributed by atoms with E-state index in [2.05, 4.69) is 23.0 Å². The predicted octanol–water partition coefficient (Wildman–Crippen LogP) is 3.69. The molecule has 0 bridgehead atoms. The number of nitrogens with zero attached hydrogens (tertiary/aromatic N) is 2. The van der Waals surface area contributed by atoms with Crippen molar-refractivity contribution in [2.75, 3.05) is 33.1 Å². The van der Waals surface area contributed by atoms with Crippen molar-refractivity contribution in [1.29, 1.82) is 0 Å². The van der Waals surface area contributed by atoms with E-state index in [-0.39, 0.29) is 36.4 Å². The number of nitrogens with one attached hydrogen (secondary N) is 2. The molecule has 0 radical (unpaired) electrons. The van der Waals surface area contributed by atoms with E-state index in [1.807, 2.05) is 42.8 Å². The molecule has 3 aliphatic heterocycles. The third-order valence-corrected chi connectivity index (χ3v) is 8.34. The number of halogens is 1. The lowest BCUT2D eigenvalue weighted by molar-refractivity contribution is -0.430. The van der Waals surface area contributed by atoms with Gasteiger partial charge in [-0.3, -0.25) is 4.79 Å². The van der Waals surface area contributed by atoms with Crippen molar-refractivity contribution >= 4 is 29.1 Å². The highest BCUT2D eigenvalue weighted by Gasteiger charge is 2.51. The fourth-order valence-corrected chi connectivity index (χ4v) is 6.41. The Morgan fingerprint density at radius 1 is 1.32 bits per heavy atom. The highest BCUT2D eigenvalue weighted by molar-refractivity contribution is 8.13. The SMILES string of the molecule is COCC(C)NCc1ccc(F)c(C23COC(C4=C[N+](C)=C4)CC2CSC(NC(=O)c2ccccc2)=N3)c1. The number of aliphatic imine (C=N–C) groups is 1. The van der Waals surface area contributed by atoms with Gasteiger partial charge in [0.15, 0.2) is 17.6 Å². The summed E-state index contributed by atoms with van der Waals surface area (Å²) in [6.45, 7) is 3.44. The molecule has 1 saturated heterocycles. The standard InChI is InChI=1S/C29H33FN4O3S/c1-19(16-36-3)31-13-20-9-10-25(30)24(11-20)29-18-37-26(22-14-34(2)15-22)12-23(29)17-38-28(33-29)32-27(35)21-7-5-4-6-8-21/h4-11,14-15,19,23,26,31H,12-13,16-18H2,1-3H3/p+1. The summed E-state index contributed by atoms with van der Waals surface area (Å²) in [4.78, 5) is 18.0. The Bertz CT molecular complexity index is 1280. The molecule has 7 nitrogen and oxygen atoms in total. The normalized spacial score (nSPS) is 25.3. The number of carbonyl (C=O) groups is 1. The van der Waals surface area contributed by atoms with Gasteiger partial charge in [0.25, 0.3) is 5.91 Å². The van der Waals surface area contributed by atoms with Crippen LogP contribution in [0.4, 0.5) is 4.39 Å². The van der Waals surface area contributed by atoms with Crippen molar-refractivity contribution in [2.45, 2.75) is 37.6 Å². The van der Waals surface area contributed by atoms with E-state index in [0.29, 0.717) is 35.2 Å². The number of methoxy groups -OCH3 is 1. The van der Waals surface area contributed by atoms with Crippen molar-refractivity contribution in [2.24, 2.45) is 10.9 Å². The summed E-state index contributed by atoms with van der Waals surface area (Å²) < 4.78 is 29.2. The van der Waals surface area contributed by atoms with Crippen LogP contribution in [0.25, 0.3) is 0 Å². The lowest BCUT2D eigenvalue weighted by Crippen LogP contribution is -2.52. The maximum Gasteiger partial charge on any atom is 0.257 e. The zero-order chi connectivity index (χ0) is 26.7. The second-order valence-corrected chi connectivity index (χ2v) is 11.2. The number of amides is 1. The molecule has 0 aliphatic carbocycles. The van der Waals surface area contributed by atoms with Gasteiger partial charge >= 0.3 is 0 Å².